The van der Waals surface area contributed by atoms with Crippen molar-refractivity contribution in [1.29, 1.82) is 0 Å². The Hall–Kier alpha value is -2.73. The smallest absolute Gasteiger partial charge is 0.413 e. The normalized spacial score (nSPS) is 10.2. The number of ether oxygens (including phenoxy) is 4. The van der Waals surface area contributed by atoms with Crippen LogP contribution in [-0.2, 0) is 16.1 Å². The minimum atomic E-state index is -0.596. The molecular formula is C17H22N4O6S2. The van der Waals surface area contributed by atoms with Crippen LogP contribution in [0.4, 0.5) is 9.93 Å². The molecule has 0 spiro atoms. The van der Waals surface area contributed by atoms with Crippen LogP contribution in [0, 0.1) is 0 Å². The summed E-state index contributed by atoms with van der Waals surface area (Å²) in [7, 11) is 4.62. The van der Waals surface area contributed by atoms with Crippen molar-refractivity contribution >= 4 is 40.2 Å². The maximum atomic E-state index is 12.2. The predicted molar refractivity (Wildman–Crippen MR) is 109 cm³/mol. The first-order chi connectivity index (χ1) is 14.0. The van der Waals surface area contributed by atoms with Gasteiger partial charge < -0.3 is 24.3 Å². The number of nitrogens with one attached hydrogen (secondary N) is 2. The van der Waals surface area contributed by atoms with Crippen LogP contribution >= 0.6 is 23.1 Å². The molecule has 0 aliphatic heterocycles. The van der Waals surface area contributed by atoms with E-state index in [2.05, 4.69) is 20.8 Å². The minimum Gasteiger partial charge on any atom is -0.496 e. The van der Waals surface area contributed by atoms with Gasteiger partial charge in [0.2, 0.25) is 11.0 Å². The zero-order valence-corrected chi connectivity index (χ0v) is 18.1. The molecule has 0 unspecified atom stereocenters. The van der Waals surface area contributed by atoms with Crippen molar-refractivity contribution in [2.24, 2.45) is 0 Å². The molecule has 2 N–H and O–H groups in total. The van der Waals surface area contributed by atoms with E-state index < -0.39 is 6.09 Å². The van der Waals surface area contributed by atoms with E-state index in [1.54, 1.807) is 26.2 Å². The number of carbonyl (C=O) groups is 2. The van der Waals surface area contributed by atoms with Gasteiger partial charge >= 0.3 is 6.09 Å². The van der Waals surface area contributed by atoms with Gasteiger partial charge in [-0.3, -0.25) is 10.1 Å². The molecule has 0 saturated carbocycles. The van der Waals surface area contributed by atoms with E-state index in [-0.39, 0.29) is 24.8 Å². The Morgan fingerprint density at radius 3 is 2.41 bits per heavy atom. The Labute approximate surface area is 176 Å². The third kappa shape index (κ3) is 6.68. The molecule has 2 rings (SSSR count). The number of nitrogens with zero attached hydrogens (tertiary/aromatic N) is 2. The molecule has 0 bridgehead atoms. The second kappa shape index (κ2) is 11.3. The number of benzene rings is 1. The summed E-state index contributed by atoms with van der Waals surface area (Å²) < 4.78 is 21.2. The molecule has 29 heavy (non-hydrogen) atoms. The van der Waals surface area contributed by atoms with Crippen LogP contribution in [0.3, 0.4) is 0 Å². The lowest BCUT2D eigenvalue weighted by Crippen LogP contribution is -2.24. The van der Waals surface area contributed by atoms with E-state index in [0.717, 1.165) is 16.9 Å². The topological polar surface area (TPSA) is 121 Å². The Balaban J connectivity index is 1.87. The number of amides is 2. The van der Waals surface area contributed by atoms with Crippen molar-refractivity contribution in [3.63, 3.8) is 0 Å². The summed E-state index contributed by atoms with van der Waals surface area (Å²) in [6.07, 6.45) is -0.596. The monoisotopic (exact) mass is 442 g/mol. The summed E-state index contributed by atoms with van der Waals surface area (Å²) in [5.41, 5.74) is 0.750. The summed E-state index contributed by atoms with van der Waals surface area (Å²) in [4.78, 5) is 23.5. The molecule has 0 aliphatic rings. The van der Waals surface area contributed by atoms with Gasteiger partial charge in [-0.2, -0.15) is 0 Å². The molecule has 1 aromatic carbocycles. The lowest BCUT2D eigenvalue weighted by Gasteiger charge is -2.14. The van der Waals surface area contributed by atoms with Crippen molar-refractivity contribution in [3.05, 3.63) is 17.7 Å². The Morgan fingerprint density at radius 2 is 1.76 bits per heavy atom. The van der Waals surface area contributed by atoms with Gasteiger partial charge in [0.15, 0.2) is 15.8 Å². The first kappa shape index (κ1) is 22.6. The highest BCUT2D eigenvalue weighted by Gasteiger charge is 2.14. The largest absolute Gasteiger partial charge is 0.496 e. The summed E-state index contributed by atoms with van der Waals surface area (Å²) in [5, 5.41) is 13.3. The van der Waals surface area contributed by atoms with Gasteiger partial charge in [0.05, 0.1) is 33.7 Å². The number of carbonyl (C=O) groups excluding carboxylic acids is 2. The number of hydrogen-bond acceptors (Lipinski definition) is 10. The molecule has 1 aromatic heterocycles. The highest BCUT2D eigenvalue weighted by molar-refractivity contribution is 8.01. The number of anilines is 1. The lowest BCUT2D eigenvalue weighted by molar-refractivity contribution is -0.118. The SMILES string of the molecule is CCOC(=O)Nc1nnc(SCC(=O)NCc2cc(OC)c(OC)cc2OC)s1. The molecule has 0 atom stereocenters. The fourth-order valence-electron chi connectivity index (χ4n) is 2.18. The predicted octanol–water partition coefficient (Wildman–Crippen LogP) is 2.54. The van der Waals surface area contributed by atoms with E-state index >= 15 is 0 Å². The van der Waals surface area contributed by atoms with Crippen LogP contribution < -0.4 is 24.8 Å². The first-order valence-corrected chi connectivity index (χ1v) is 10.3. The third-order valence-corrected chi connectivity index (χ3v) is 5.45. The van der Waals surface area contributed by atoms with E-state index in [0.29, 0.717) is 26.7 Å². The van der Waals surface area contributed by atoms with Crippen molar-refractivity contribution < 1.29 is 28.5 Å². The summed E-state index contributed by atoms with van der Waals surface area (Å²) >= 11 is 2.37. The highest BCUT2D eigenvalue weighted by atomic mass is 32.2. The molecular weight excluding hydrogens is 420 g/mol. The quantitative estimate of drug-likeness (QED) is 0.422. The van der Waals surface area contributed by atoms with Gasteiger partial charge in [0.25, 0.3) is 0 Å². The van der Waals surface area contributed by atoms with Crippen LogP contribution in [0.1, 0.15) is 12.5 Å². The van der Waals surface area contributed by atoms with Crippen molar-refractivity contribution in [3.8, 4) is 17.2 Å². The second-order valence-electron chi connectivity index (χ2n) is 5.30. The molecule has 0 radical (unpaired) electrons. The zero-order chi connectivity index (χ0) is 21.2. The summed E-state index contributed by atoms with van der Waals surface area (Å²) in [5.74, 6) is 1.61. The minimum absolute atomic E-state index is 0.143. The fraction of sp³-hybridized carbons (Fsp3) is 0.412. The van der Waals surface area contributed by atoms with Gasteiger partial charge in [0.1, 0.15) is 5.75 Å². The van der Waals surface area contributed by atoms with E-state index in [1.807, 2.05) is 0 Å². The van der Waals surface area contributed by atoms with E-state index in [9.17, 15) is 9.59 Å². The van der Waals surface area contributed by atoms with Crippen molar-refractivity contribution in [2.75, 3.05) is 39.0 Å². The second-order valence-corrected chi connectivity index (χ2v) is 7.50. The maximum absolute atomic E-state index is 12.2. The Morgan fingerprint density at radius 1 is 1.07 bits per heavy atom. The van der Waals surface area contributed by atoms with Crippen LogP contribution in [0.5, 0.6) is 17.2 Å². The highest BCUT2D eigenvalue weighted by Crippen LogP contribution is 2.34. The maximum Gasteiger partial charge on any atom is 0.413 e. The van der Waals surface area contributed by atoms with Gasteiger partial charge in [-0.1, -0.05) is 23.1 Å². The van der Waals surface area contributed by atoms with Crippen LogP contribution in [-0.4, -0.2) is 55.9 Å². The summed E-state index contributed by atoms with van der Waals surface area (Å²) in [6.45, 7) is 2.23. The van der Waals surface area contributed by atoms with E-state index in [1.165, 1.54) is 26.0 Å². The molecule has 0 saturated heterocycles. The van der Waals surface area contributed by atoms with E-state index in [4.69, 9.17) is 18.9 Å². The lowest BCUT2D eigenvalue weighted by atomic mass is 10.1. The van der Waals surface area contributed by atoms with Gasteiger partial charge in [-0.25, -0.2) is 4.79 Å². The van der Waals surface area contributed by atoms with Gasteiger partial charge in [0, 0.05) is 18.2 Å². The number of hydrogen-bond donors (Lipinski definition) is 2. The van der Waals surface area contributed by atoms with Crippen molar-refractivity contribution in [2.45, 2.75) is 17.8 Å². The standard InChI is InChI=1S/C17H22N4O6S2/c1-5-27-16(23)19-15-20-21-17(29-15)28-9-14(22)18-8-10-6-12(25-3)13(26-4)7-11(10)24-2/h6-7H,5,8-9H2,1-4H3,(H,18,22)(H,19,20,23). The molecule has 2 aromatic rings. The first-order valence-electron chi connectivity index (χ1n) is 8.46. The molecule has 158 valence electrons. The molecule has 0 aliphatic carbocycles. The van der Waals surface area contributed by atoms with Gasteiger partial charge in [-0.15, -0.1) is 10.2 Å². The van der Waals surface area contributed by atoms with Crippen molar-refractivity contribution in [1.82, 2.24) is 15.5 Å². The van der Waals surface area contributed by atoms with Crippen LogP contribution in [0.25, 0.3) is 0 Å². The Bertz CT molecular complexity index is 845. The number of methoxy groups -OCH3 is 3. The Kier molecular flexibility index (Phi) is 8.80. The fourth-order valence-corrected chi connectivity index (χ4v) is 3.74. The molecule has 0 fully saturated rings. The molecule has 12 heteroatoms. The number of rotatable bonds is 10. The third-order valence-electron chi connectivity index (χ3n) is 3.48. The molecule has 10 nitrogen and oxygen atoms in total. The zero-order valence-electron chi connectivity index (χ0n) is 16.4. The van der Waals surface area contributed by atoms with Crippen LogP contribution in [0.15, 0.2) is 16.5 Å². The van der Waals surface area contributed by atoms with Crippen LogP contribution in [0.2, 0.25) is 0 Å². The number of aromatic nitrogens is 2. The molecule has 2 amide bonds. The molecule has 1 heterocycles. The number of thioether (sulfide) groups is 1. The average molecular weight is 443 g/mol. The van der Waals surface area contributed by atoms with Gasteiger partial charge in [-0.05, 0) is 13.0 Å². The summed E-state index contributed by atoms with van der Waals surface area (Å²) in [6, 6.07) is 3.46. The average Bonchev–Trinajstić information content (AvgIpc) is 3.17.